The van der Waals surface area contributed by atoms with Crippen LogP contribution in [0.4, 0.5) is 4.39 Å². The third-order valence-electron chi connectivity index (χ3n) is 6.92. The Balaban J connectivity index is 1.35. The second-order valence-electron chi connectivity index (χ2n) is 9.77. The van der Waals surface area contributed by atoms with Gasteiger partial charge in [-0.2, -0.15) is 5.10 Å². The lowest BCUT2D eigenvalue weighted by Gasteiger charge is -2.26. The number of morpholine rings is 1. The summed E-state index contributed by atoms with van der Waals surface area (Å²) in [5.74, 6) is -0.0319. The summed E-state index contributed by atoms with van der Waals surface area (Å²) < 4.78 is 26.8. The van der Waals surface area contributed by atoms with Crippen LogP contribution in [0.5, 0.6) is 0 Å². The first-order chi connectivity index (χ1) is 18.6. The van der Waals surface area contributed by atoms with Crippen LogP contribution in [0.3, 0.4) is 0 Å². The first-order valence-electron chi connectivity index (χ1n) is 13.1. The van der Waals surface area contributed by atoms with Crippen molar-refractivity contribution in [3.8, 4) is 5.69 Å². The van der Waals surface area contributed by atoms with Crippen LogP contribution in [-0.2, 0) is 27.3 Å². The van der Waals surface area contributed by atoms with E-state index < -0.39 is 0 Å². The molecular weight excluding hydrogens is 483 g/mol. The average Bonchev–Trinajstić information content (AvgIpc) is 3.36. The van der Waals surface area contributed by atoms with Gasteiger partial charge < -0.3 is 9.47 Å². The van der Waals surface area contributed by atoms with Crippen molar-refractivity contribution in [2.45, 2.75) is 32.3 Å². The summed E-state index contributed by atoms with van der Waals surface area (Å²) >= 11 is 0. The Hall–Kier alpha value is -3.46. The summed E-state index contributed by atoms with van der Waals surface area (Å²) in [7, 11) is 0. The SMILES string of the molecule is C[C@@H](CC(=O)Cc1cc2cnn(-c3ccc(F)cc3)c2c(COCCN2CCOCC2)n1)c1ccccc1. The highest BCUT2D eigenvalue weighted by molar-refractivity contribution is 5.85. The van der Waals surface area contributed by atoms with Crippen molar-refractivity contribution in [2.24, 2.45) is 0 Å². The number of hydrogen-bond acceptors (Lipinski definition) is 6. The van der Waals surface area contributed by atoms with E-state index in [0.29, 0.717) is 24.4 Å². The molecule has 0 bridgehead atoms. The summed E-state index contributed by atoms with van der Waals surface area (Å²) in [6.45, 7) is 7.05. The zero-order valence-electron chi connectivity index (χ0n) is 21.7. The molecule has 3 heterocycles. The fraction of sp³-hybridized carbons (Fsp3) is 0.367. The molecule has 1 atom stereocenters. The lowest BCUT2D eigenvalue weighted by Crippen LogP contribution is -2.38. The number of carbonyl (C=O) groups is 1. The maximum atomic E-state index is 13.5. The highest BCUT2D eigenvalue weighted by atomic mass is 19.1. The quantitative estimate of drug-likeness (QED) is 0.269. The zero-order valence-corrected chi connectivity index (χ0v) is 21.7. The largest absolute Gasteiger partial charge is 0.379 e. The number of pyridine rings is 1. The Morgan fingerprint density at radius 1 is 1.11 bits per heavy atom. The normalized spacial score (nSPS) is 15.1. The molecule has 0 unspecified atom stereocenters. The van der Waals surface area contributed by atoms with E-state index in [4.69, 9.17) is 14.5 Å². The van der Waals surface area contributed by atoms with Crippen LogP contribution in [0, 0.1) is 5.82 Å². The lowest BCUT2D eigenvalue weighted by atomic mass is 9.94. The van der Waals surface area contributed by atoms with Gasteiger partial charge in [-0.25, -0.2) is 9.07 Å². The first kappa shape index (κ1) is 26.2. The van der Waals surface area contributed by atoms with Gasteiger partial charge in [-0.3, -0.25) is 14.7 Å². The van der Waals surface area contributed by atoms with E-state index >= 15 is 0 Å². The zero-order chi connectivity index (χ0) is 26.3. The van der Waals surface area contributed by atoms with E-state index in [0.717, 1.165) is 55.0 Å². The lowest BCUT2D eigenvalue weighted by molar-refractivity contribution is -0.118. The van der Waals surface area contributed by atoms with Gasteiger partial charge in [0.1, 0.15) is 11.6 Å². The van der Waals surface area contributed by atoms with E-state index in [1.807, 2.05) is 24.3 Å². The summed E-state index contributed by atoms with van der Waals surface area (Å²) in [5, 5.41) is 5.43. The molecule has 8 heteroatoms. The molecular formula is C30H33FN4O3. The molecule has 2 aromatic carbocycles. The molecule has 0 saturated carbocycles. The minimum Gasteiger partial charge on any atom is -0.379 e. The number of rotatable bonds is 11. The summed E-state index contributed by atoms with van der Waals surface area (Å²) in [5.41, 5.74) is 4.10. The van der Waals surface area contributed by atoms with Gasteiger partial charge in [0.05, 0.1) is 49.5 Å². The first-order valence-corrected chi connectivity index (χ1v) is 13.1. The molecule has 198 valence electrons. The topological polar surface area (TPSA) is 69.5 Å². The second-order valence-corrected chi connectivity index (χ2v) is 9.77. The minimum absolute atomic E-state index is 0.136. The fourth-order valence-electron chi connectivity index (χ4n) is 4.87. The number of nitrogens with zero attached hydrogens (tertiary/aromatic N) is 4. The number of hydrogen-bond donors (Lipinski definition) is 0. The Bertz CT molecular complexity index is 1350. The van der Waals surface area contributed by atoms with Crippen molar-refractivity contribution in [3.05, 3.63) is 89.6 Å². The predicted molar refractivity (Wildman–Crippen MR) is 144 cm³/mol. The number of halogens is 1. The average molecular weight is 517 g/mol. The second kappa shape index (κ2) is 12.4. The molecule has 1 saturated heterocycles. The molecule has 5 rings (SSSR count). The van der Waals surface area contributed by atoms with E-state index in [2.05, 4.69) is 29.1 Å². The third-order valence-corrected chi connectivity index (χ3v) is 6.92. The van der Waals surface area contributed by atoms with E-state index in [1.54, 1.807) is 23.0 Å². The van der Waals surface area contributed by atoms with Crippen LogP contribution in [0.2, 0.25) is 0 Å². The van der Waals surface area contributed by atoms with Crippen LogP contribution < -0.4 is 0 Å². The van der Waals surface area contributed by atoms with Crippen LogP contribution >= 0.6 is 0 Å². The highest BCUT2D eigenvalue weighted by Gasteiger charge is 2.18. The molecule has 2 aromatic heterocycles. The van der Waals surface area contributed by atoms with Crippen molar-refractivity contribution in [2.75, 3.05) is 39.5 Å². The monoisotopic (exact) mass is 516 g/mol. The number of benzene rings is 2. The van der Waals surface area contributed by atoms with Crippen LogP contribution in [0.1, 0.15) is 36.2 Å². The van der Waals surface area contributed by atoms with Gasteiger partial charge in [-0.1, -0.05) is 37.3 Å². The molecule has 0 amide bonds. The van der Waals surface area contributed by atoms with Gasteiger partial charge in [-0.05, 0) is 41.8 Å². The number of fused-ring (bicyclic) bond motifs is 1. The van der Waals surface area contributed by atoms with E-state index in [1.165, 1.54) is 12.1 Å². The van der Waals surface area contributed by atoms with Crippen molar-refractivity contribution in [1.29, 1.82) is 0 Å². The molecule has 4 aromatic rings. The van der Waals surface area contributed by atoms with Gasteiger partial charge in [0.2, 0.25) is 0 Å². The maximum Gasteiger partial charge on any atom is 0.139 e. The van der Waals surface area contributed by atoms with E-state index in [-0.39, 0.29) is 30.5 Å². The number of carbonyl (C=O) groups excluding carboxylic acids is 1. The molecule has 0 N–H and O–H groups in total. The van der Waals surface area contributed by atoms with Gasteiger partial charge in [0, 0.05) is 43.6 Å². The molecule has 1 aliphatic rings. The molecule has 7 nitrogen and oxygen atoms in total. The number of ether oxygens (including phenoxy) is 2. The molecule has 1 aliphatic heterocycles. The van der Waals surface area contributed by atoms with Crippen molar-refractivity contribution in [1.82, 2.24) is 19.7 Å². The van der Waals surface area contributed by atoms with E-state index in [9.17, 15) is 9.18 Å². The van der Waals surface area contributed by atoms with Gasteiger partial charge in [0.25, 0.3) is 0 Å². The summed E-state index contributed by atoms with van der Waals surface area (Å²) in [6, 6.07) is 18.2. The number of ketones is 1. The molecule has 0 aliphatic carbocycles. The van der Waals surface area contributed by atoms with Crippen LogP contribution in [0.15, 0.2) is 66.9 Å². The van der Waals surface area contributed by atoms with Crippen LogP contribution in [-0.4, -0.2) is 64.9 Å². The Kier molecular flexibility index (Phi) is 8.53. The molecule has 38 heavy (non-hydrogen) atoms. The highest BCUT2D eigenvalue weighted by Crippen LogP contribution is 2.25. The van der Waals surface area contributed by atoms with Gasteiger partial charge >= 0.3 is 0 Å². The third kappa shape index (κ3) is 6.51. The predicted octanol–water partition coefficient (Wildman–Crippen LogP) is 4.71. The van der Waals surface area contributed by atoms with Crippen molar-refractivity contribution < 1.29 is 18.7 Å². The molecule has 1 fully saturated rings. The van der Waals surface area contributed by atoms with Gasteiger partial charge in [-0.15, -0.1) is 0 Å². The Labute approximate surface area is 222 Å². The number of Topliss-reactive ketones (excluding diaryl/α,β-unsaturated/α-hetero) is 1. The Morgan fingerprint density at radius 3 is 2.63 bits per heavy atom. The summed E-state index contributed by atoms with van der Waals surface area (Å²) in [6.07, 6.45) is 2.46. The van der Waals surface area contributed by atoms with Crippen molar-refractivity contribution in [3.63, 3.8) is 0 Å². The smallest absolute Gasteiger partial charge is 0.139 e. The molecule has 0 spiro atoms. The fourth-order valence-corrected chi connectivity index (χ4v) is 4.87. The van der Waals surface area contributed by atoms with Crippen molar-refractivity contribution >= 4 is 16.7 Å². The minimum atomic E-state index is -0.305. The summed E-state index contributed by atoms with van der Waals surface area (Å²) in [4.78, 5) is 20.2. The van der Waals surface area contributed by atoms with Crippen LogP contribution in [0.25, 0.3) is 16.6 Å². The maximum absolute atomic E-state index is 13.5. The molecule has 0 radical (unpaired) electrons. The Morgan fingerprint density at radius 2 is 1.87 bits per heavy atom. The van der Waals surface area contributed by atoms with Gasteiger partial charge in [0.15, 0.2) is 0 Å². The standard InChI is InChI=1S/C30H33FN4O3/c1-22(23-5-3-2-4-6-23)17-28(36)19-26-18-24-20-32-35(27-9-7-25(31)8-10-27)30(24)29(33-26)21-38-16-13-34-11-14-37-15-12-34/h2-10,18,20,22H,11-17,19,21H2,1H3/t22-/m0/s1. The number of aromatic nitrogens is 3.